The van der Waals surface area contributed by atoms with Gasteiger partial charge in [0.25, 0.3) is 0 Å². The highest BCUT2D eigenvalue weighted by atomic mass is 32.1. The minimum atomic E-state index is -0.526. The number of hydrogen-bond acceptors (Lipinski definition) is 4. The number of carbonyl (C=O) groups is 1. The smallest absolute Gasteiger partial charge is 0.232 e. The standard InChI is InChI=1S/C19H24FN3OS/c1-19(2,3)17(24)23(16-8-6-14(20)7-9-16)12-15-13-25-18(21-15)22-10-4-5-11-22/h6-9,13H,4-5,10-12H2,1-3H3. The van der Waals surface area contributed by atoms with Crippen molar-refractivity contribution < 1.29 is 9.18 Å². The van der Waals surface area contributed by atoms with Crippen LogP contribution in [0.4, 0.5) is 15.2 Å². The molecule has 1 aliphatic rings. The summed E-state index contributed by atoms with van der Waals surface area (Å²) in [5.74, 6) is -0.313. The molecule has 0 radical (unpaired) electrons. The summed E-state index contributed by atoms with van der Waals surface area (Å²) in [6, 6.07) is 6.06. The van der Waals surface area contributed by atoms with Gasteiger partial charge in [0.15, 0.2) is 5.13 Å². The quantitative estimate of drug-likeness (QED) is 0.807. The van der Waals surface area contributed by atoms with Crippen LogP contribution in [0.3, 0.4) is 0 Å². The number of halogens is 1. The van der Waals surface area contributed by atoms with Gasteiger partial charge in [-0.2, -0.15) is 0 Å². The Balaban J connectivity index is 1.84. The largest absolute Gasteiger partial charge is 0.348 e. The first kappa shape index (κ1) is 17.9. The van der Waals surface area contributed by atoms with Crippen LogP contribution in [0.2, 0.25) is 0 Å². The van der Waals surface area contributed by atoms with Gasteiger partial charge in [-0.05, 0) is 37.1 Å². The number of thiazole rings is 1. The van der Waals surface area contributed by atoms with Gasteiger partial charge in [0.2, 0.25) is 5.91 Å². The second kappa shape index (κ2) is 7.12. The van der Waals surface area contributed by atoms with Gasteiger partial charge in [0, 0.05) is 29.6 Å². The SMILES string of the molecule is CC(C)(C)C(=O)N(Cc1csc(N2CCCC2)n1)c1ccc(F)cc1. The normalized spacial score (nSPS) is 14.8. The van der Waals surface area contributed by atoms with Gasteiger partial charge in [0.1, 0.15) is 5.82 Å². The molecule has 2 aromatic rings. The van der Waals surface area contributed by atoms with Gasteiger partial charge in [-0.15, -0.1) is 11.3 Å². The number of carbonyl (C=O) groups excluding carboxylic acids is 1. The number of amides is 1. The van der Waals surface area contributed by atoms with E-state index in [9.17, 15) is 9.18 Å². The van der Waals surface area contributed by atoms with E-state index in [2.05, 4.69) is 4.90 Å². The molecule has 0 unspecified atom stereocenters. The molecule has 0 N–H and O–H groups in total. The van der Waals surface area contributed by atoms with Crippen molar-refractivity contribution in [3.05, 3.63) is 41.2 Å². The summed E-state index contributed by atoms with van der Waals surface area (Å²) in [7, 11) is 0. The summed E-state index contributed by atoms with van der Waals surface area (Å²) in [4.78, 5) is 21.6. The van der Waals surface area contributed by atoms with Crippen LogP contribution in [0.1, 0.15) is 39.3 Å². The van der Waals surface area contributed by atoms with Crippen molar-refractivity contribution in [2.24, 2.45) is 5.41 Å². The molecule has 2 heterocycles. The number of hydrogen-bond donors (Lipinski definition) is 0. The van der Waals surface area contributed by atoms with E-state index in [-0.39, 0.29) is 11.7 Å². The maximum atomic E-state index is 13.3. The lowest BCUT2D eigenvalue weighted by Crippen LogP contribution is -2.39. The second-order valence-electron chi connectivity index (χ2n) is 7.43. The minimum absolute atomic E-state index is 0.00479. The Kier molecular flexibility index (Phi) is 5.08. The van der Waals surface area contributed by atoms with E-state index in [1.54, 1.807) is 28.4 Å². The average molecular weight is 361 g/mol. The van der Waals surface area contributed by atoms with Crippen molar-refractivity contribution in [3.8, 4) is 0 Å². The molecule has 0 aliphatic carbocycles. The molecular weight excluding hydrogens is 337 g/mol. The highest BCUT2D eigenvalue weighted by molar-refractivity contribution is 7.13. The van der Waals surface area contributed by atoms with Crippen molar-refractivity contribution in [3.63, 3.8) is 0 Å². The van der Waals surface area contributed by atoms with E-state index < -0.39 is 5.41 Å². The fraction of sp³-hybridized carbons (Fsp3) is 0.474. The molecule has 3 rings (SSSR count). The minimum Gasteiger partial charge on any atom is -0.348 e. The average Bonchev–Trinajstić information content (AvgIpc) is 3.23. The van der Waals surface area contributed by atoms with Gasteiger partial charge in [-0.25, -0.2) is 9.37 Å². The van der Waals surface area contributed by atoms with Gasteiger partial charge < -0.3 is 9.80 Å². The number of benzene rings is 1. The summed E-state index contributed by atoms with van der Waals surface area (Å²) in [5, 5.41) is 3.04. The third kappa shape index (κ3) is 4.18. The topological polar surface area (TPSA) is 36.4 Å². The second-order valence-corrected chi connectivity index (χ2v) is 8.27. The first-order chi connectivity index (χ1) is 11.8. The molecule has 0 atom stereocenters. The number of rotatable bonds is 4. The molecule has 0 bridgehead atoms. The van der Waals surface area contributed by atoms with E-state index in [4.69, 9.17) is 4.98 Å². The maximum absolute atomic E-state index is 13.3. The van der Waals surface area contributed by atoms with E-state index in [0.29, 0.717) is 12.2 Å². The molecule has 1 aliphatic heterocycles. The van der Waals surface area contributed by atoms with E-state index in [0.717, 1.165) is 23.9 Å². The van der Waals surface area contributed by atoms with E-state index in [1.807, 2.05) is 26.2 Å². The number of anilines is 2. The number of aromatic nitrogens is 1. The van der Waals surface area contributed by atoms with Gasteiger partial charge in [-0.3, -0.25) is 4.79 Å². The maximum Gasteiger partial charge on any atom is 0.232 e. The van der Waals surface area contributed by atoms with Crippen LogP contribution < -0.4 is 9.80 Å². The van der Waals surface area contributed by atoms with Gasteiger partial charge in [0.05, 0.1) is 12.2 Å². The van der Waals surface area contributed by atoms with Crippen LogP contribution in [0, 0.1) is 11.2 Å². The van der Waals surface area contributed by atoms with E-state index >= 15 is 0 Å². The first-order valence-electron chi connectivity index (χ1n) is 8.61. The van der Waals surface area contributed by atoms with Crippen molar-refractivity contribution in [2.75, 3.05) is 22.9 Å². The molecule has 0 saturated carbocycles. The fourth-order valence-corrected chi connectivity index (χ4v) is 3.76. The van der Waals surface area contributed by atoms with Crippen LogP contribution in [0.5, 0.6) is 0 Å². The molecular formula is C19H24FN3OS. The number of nitrogens with zero attached hydrogens (tertiary/aromatic N) is 3. The van der Waals surface area contributed by atoms with Crippen molar-refractivity contribution >= 4 is 28.1 Å². The molecule has 25 heavy (non-hydrogen) atoms. The first-order valence-corrected chi connectivity index (χ1v) is 9.49. The molecule has 6 heteroatoms. The molecule has 4 nitrogen and oxygen atoms in total. The highest BCUT2D eigenvalue weighted by Crippen LogP contribution is 2.28. The third-order valence-corrected chi connectivity index (χ3v) is 5.21. The molecule has 1 amide bonds. The lowest BCUT2D eigenvalue weighted by atomic mass is 9.94. The monoisotopic (exact) mass is 361 g/mol. The predicted octanol–water partition coefficient (Wildman–Crippen LogP) is 4.46. The van der Waals surface area contributed by atoms with Crippen LogP contribution in [0.15, 0.2) is 29.6 Å². The van der Waals surface area contributed by atoms with Gasteiger partial charge >= 0.3 is 0 Å². The van der Waals surface area contributed by atoms with Crippen LogP contribution in [0.25, 0.3) is 0 Å². The zero-order valence-corrected chi connectivity index (χ0v) is 15.8. The zero-order chi connectivity index (χ0) is 18.0. The van der Waals surface area contributed by atoms with Crippen molar-refractivity contribution in [2.45, 2.75) is 40.2 Å². The third-order valence-electron chi connectivity index (χ3n) is 4.26. The summed E-state index contributed by atoms with van der Waals surface area (Å²) in [6.45, 7) is 8.17. The Hall–Kier alpha value is -1.95. The molecule has 1 fully saturated rings. The lowest BCUT2D eigenvalue weighted by molar-refractivity contribution is -0.125. The molecule has 0 spiro atoms. The Bertz CT molecular complexity index is 730. The van der Waals surface area contributed by atoms with Crippen molar-refractivity contribution in [1.29, 1.82) is 0 Å². The summed E-state index contributed by atoms with van der Waals surface area (Å²) in [5.41, 5.74) is 1.04. The lowest BCUT2D eigenvalue weighted by Gasteiger charge is -2.29. The van der Waals surface area contributed by atoms with Crippen molar-refractivity contribution in [1.82, 2.24) is 4.98 Å². The van der Waals surface area contributed by atoms with Gasteiger partial charge in [-0.1, -0.05) is 20.8 Å². The Morgan fingerprint density at radius 2 is 1.88 bits per heavy atom. The van der Waals surface area contributed by atoms with Crippen LogP contribution in [-0.4, -0.2) is 24.0 Å². The zero-order valence-electron chi connectivity index (χ0n) is 15.0. The van der Waals surface area contributed by atoms with Crippen LogP contribution in [-0.2, 0) is 11.3 Å². The van der Waals surface area contributed by atoms with Crippen LogP contribution >= 0.6 is 11.3 Å². The molecule has 134 valence electrons. The Morgan fingerprint density at radius 1 is 1.24 bits per heavy atom. The van der Waals surface area contributed by atoms with E-state index in [1.165, 1.54) is 25.0 Å². The highest BCUT2D eigenvalue weighted by Gasteiger charge is 2.29. The summed E-state index contributed by atoms with van der Waals surface area (Å²) >= 11 is 1.62. The Morgan fingerprint density at radius 3 is 2.48 bits per heavy atom. The predicted molar refractivity (Wildman–Crippen MR) is 101 cm³/mol. The Labute approximate surface area is 152 Å². The summed E-state index contributed by atoms with van der Waals surface area (Å²) in [6.07, 6.45) is 2.41. The molecule has 1 saturated heterocycles. The molecule has 1 aromatic carbocycles. The fourth-order valence-electron chi connectivity index (χ4n) is 2.89. The molecule has 1 aromatic heterocycles. The summed E-state index contributed by atoms with van der Waals surface area (Å²) < 4.78 is 13.3.